The molecule has 0 N–H and O–H groups in total. The molecule has 1 aromatic rings. The summed E-state index contributed by atoms with van der Waals surface area (Å²) < 4.78 is 1.48. The Morgan fingerprint density at radius 2 is 1.60 bits per heavy atom. The van der Waals surface area contributed by atoms with E-state index in [0.29, 0.717) is 0 Å². The van der Waals surface area contributed by atoms with Gasteiger partial charge in [-0.15, -0.1) is 17.0 Å². The Hall–Kier alpha value is 0.283. The van der Waals surface area contributed by atoms with E-state index in [-0.39, 0.29) is 17.0 Å². The zero-order chi connectivity index (χ0) is 9.80. The molecule has 0 unspecified atom stereocenters. The second kappa shape index (κ2) is 6.78. The van der Waals surface area contributed by atoms with E-state index in [2.05, 4.69) is 29.2 Å². The molecule has 0 aromatic heterocycles. The first-order valence-electron chi connectivity index (χ1n) is 5.48. The van der Waals surface area contributed by atoms with E-state index < -0.39 is 0 Å². The Morgan fingerprint density at radius 1 is 1.00 bits per heavy atom. The number of likely N-dealkylation sites (tertiary alicyclic amines) is 1. The monoisotopic (exact) mass is 318 g/mol. The Kier molecular flexibility index (Phi) is 6.03. The minimum absolute atomic E-state index is 0. The SMILES string of the molecule is Br.[Zn][c]1ccc(CN2CCCCC2)cc1. The van der Waals surface area contributed by atoms with Crippen LogP contribution in [0.4, 0.5) is 0 Å². The third-order valence-corrected chi connectivity index (χ3v) is 3.87. The van der Waals surface area contributed by atoms with E-state index in [1.165, 1.54) is 60.4 Å². The molecule has 79 valence electrons. The second-order valence-corrected chi connectivity index (χ2v) is 5.87. The van der Waals surface area contributed by atoms with Crippen molar-refractivity contribution in [2.24, 2.45) is 0 Å². The average molecular weight is 321 g/mol. The molecule has 15 heavy (non-hydrogen) atoms. The molecule has 0 saturated carbocycles. The van der Waals surface area contributed by atoms with Gasteiger partial charge in [-0.25, -0.2) is 0 Å². The number of hydrogen-bond acceptors (Lipinski definition) is 1. The summed E-state index contributed by atoms with van der Waals surface area (Å²) >= 11 is 1.27. The number of piperidine rings is 1. The first-order valence-corrected chi connectivity index (χ1v) is 6.96. The molecule has 1 fully saturated rings. The minimum atomic E-state index is 0. The fourth-order valence-corrected chi connectivity index (χ4v) is 2.51. The van der Waals surface area contributed by atoms with Crippen LogP contribution in [0.15, 0.2) is 24.3 Å². The zero-order valence-corrected chi connectivity index (χ0v) is 13.8. The van der Waals surface area contributed by atoms with E-state index >= 15 is 0 Å². The van der Waals surface area contributed by atoms with Crippen LogP contribution in [0.5, 0.6) is 0 Å². The van der Waals surface area contributed by atoms with Crippen LogP contribution >= 0.6 is 17.0 Å². The molecular formula is C12H17BrNZn. The summed E-state index contributed by atoms with van der Waals surface area (Å²) in [6.45, 7) is 3.74. The van der Waals surface area contributed by atoms with Crippen LogP contribution in [-0.4, -0.2) is 18.0 Å². The topological polar surface area (TPSA) is 3.24 Å². The number of rotatable bonds is 2. The van der Waals surface area contributed by atoms with Gasteiger partial charge in [-0.2, -0.15) is 0 Å². The van der Waals surface area contributed by atoms with Gasteiger partial charge in [-0.05, 0) is 0 Å². The van der Waals surface area contributed by atoms with Crippen molar-refractivity contribution < 1.29 is 18.3 Å². The summed E-state index contributed by atoms with van der Waals surface area (Å²) in [4.78, 5) is 2.57. The van der Waals surface area contributed by atoms with E-state index in [4.69, 9.17) is 0 Å². The van der Waals surface area contributed by atoms with Crippen molar-refractivity contribution >= 4 is 21.1 Å². The van der Waals surface area contributed by atoms with Crippen molar-refractivity contribution in [2.75, 3.05) is 13.1 Å². The normalized spacial score (nSPS) is 17.2. The quantitative estimate of drug-likeness (QED) is 0.757. The van der Waals surface area contributed by atoms with Gasteiger partial charge in [-0.3, -0.25) is 0 Å². The molecule has 0 amide bonds. The van der Waals surface area contributed by atoms with Crippen LogP contribution < -0.4 is 4.16 Å². The molecule has 0 aliphatic carbocycles. The van der Waals surface area contributed by atoms with E-state index in [1.54, 1.807) is 0 Å². The number of hydrogen-bond donors (Lipinski definition) is 0. The number of benzene rings is 1. The van der Waals surface area contributed by atoms with Crippen molar-refractivity contribution in [1.29, 1.82) is 0 Å². The maximum atomic E-state index is 2.57. The first-order chi connectivity index (χ1) is 6.84. The van der Waals surface area contributed by atoms with Crippen LogP contribution in [0.1, 0.15) is 24.8 Å². The van der Waals surface area contributed by atoms with Gasteiger partial charge in [0.1, 0.15) is 0 Å². The summed E-state index contributed by atoms with van der Waals surface area (Å²) in [5, 5.41) is 0. The molecule has 0 radical (unpaired) electrons. The molecule has 2 rings (SSSR count). The van der Waals surface area contributed by atoms with Gasteiger partial charge in [0.2, 0.25) is 0 Å². The second-order valence-electron chi connectivity index (χ2n) is 4.15. The predicted molar refractivity (Wildman–Crippen MR) is 65.5 cm³/mol. The number of halogens is 1. The summed E-state index contributed by atoms with van der Waals surface area (Å²) in [5.41, 5.74) is 1.48. The summed E-state index contributed by atoms with van der Waals surface area (Å²) in [6, 6.07) is 9.10. The molecule has 0 bridgehead atoms. The van der Waals surface area contributed by atoms with Gasteiger partial charge in [0, 0.05) is 0 Å². The standard InChI is InChI=1S/C12H16N.BrH.Zn/c1-3-7-12(8-4-1)11-13-9-5-2-6-10-13;;/h3-4,7-8H,2,5-6,9-11H2;1H;. The van der Waals surface area contributed by atoms with Crippen LogP contribution in [0.2, 0.25) is 0 Å². The van der Waals surface area contributed by atoms with Crippen LogP contribution in [0, 0.1) is 0 Å². The molecule has 1 aliphatic rings. The number of nitrogens with zero attached hydrogens (tertiary/aromatic N) is 1. The zero-order valence-electron chi connectivity index (χ0n) is 9.11. The molecule has 3 heteroatoms. The van der Waals surface area contributed by atoms with Crippen molar-refractivity contribution in [3.8, 4) is 0 Å². The molecule has 0 spiro atoms. The van der Waals surface area contributed by atoms with Crippen molar-refractivity contribution in [1.82, 2.24) is 4.90 Å². The van der Waals surface area contributed by atoms with E-state index in [9.17, 15) is 0 Å². The van der Waals surface area contributed by atoms with Gasteiger partial charge in [0.25, 0.3) is 0 Å². The predicted octanol–water partition coefficient (Wildman–Crippen LogP) is 2.42. The van der Waals surface area contributed by atoms with E-state index in [0.717, 1.165) is 6.54 Å². The molecular weight excluding hydrogens is 303 g/mol. The van der Waals surface area contributed by atoms with E-state index in [1.807, 2.05) is 0 Å². The van der Waals surface area contributed by atoms with Crippen LogP contribution in [0.3, 0.4) is 0 Å². The average Bonchev–Trinajstić information content (AvgIpc) is 2.23. The Labute approximate surface area is 113 Å². The molecule has 0 atom stereocenters. The van der Waals surface area contributed by atoms with Gasteiger partial charge in [-0.1, -0.05) is 0 Å². The summed E-state index contributed by atoms with van der Waals surface area (Å²) in [5.74, 6) is 0. The Morgan fingerprint density at radius 3 is 2.20 bits per heavy atom. The molecule has 1 saturated heterocycles. The van der Waals surface area contributed by atoms with Crippen LogP contribution in [-0.2, 0) is 24.8 Å². The Balaban J connectivity index is 0.00000112. The molecule has 1 aliphatic heterocycles. The third kappa shape index (κ3) is 4.34. The van der Waals surface area contributed by atoms with Gasteiger partial charge >= 0.3 is 96.1 Å². The summed E-state index contributed by atoms with van der Waals surface area (Å²) in [6.07, 6.45) is 4.20. The maximum absolute atomic E-state index is 2.57. The van der Waals surface area contributed by atoms with Crippen molar-refractivity contribution in [3.63, 3.8) is 0 Å². The van der Waals surface area contributed by atoms with Crippen LogP contribution in [0.25, 0.3) is 0 Å². The van der Waals surface area contributed by atoms with Gasteiger partial charge < -0.3 is 0 Å². The fraction of sp³-hybridized carbons (Fsp3) is 0.500. The molecule has 1 aromatic carbocycles. The Bertz CT molecular complexity index is 280. The van der Waals surface area contributed by atoms with Gasteiger partial charge in [0.05, 0.1) is 0 Å². The summed E-state index contributed by atoms with van der Waals surface area (Å²) in [7, 11) is 0. The third-order valence-electron chi connectivity index (χ3n) is 2.88. The molecule has 1 heterocycles. The van der Waals surface area contributed by atoms with Crippen molar-refractivity contribution in [3.05, 3.63) is 29.8 Å². The first kappa shape index (κ1) is 13.3. The van der Waals surface area contributed by atoms with Gasteiger partial charge in [0.15, 0.2) is 0 Å². The van der Waals surface area contributed by atoms with Crippen molar-refractivity contribution in [2.45, 2.75) is 25.8 Å². The fourth-order valence-electron chi connectivity index (χ4n) is 2.02. The molecule has 1 nitrogen and oxygen atoms in total.